The molecular weight excluding hydrogens is 458 g/mol. The number of aromatic hydroxyl groups is 1. The van der Waals surface area contributed by atoms with Crippen molar-refractivity contribution in [3.05, 3.63) is 35.1 Å². The van der Waals surface area contributed by atoms with Crippen molar-refractivity contribution >= 4 is 17.9 Å². The number of piperidine rings is 1. The predicted octanol–water partition coefficient (Wildman–Crippen LogP) is 1.65. The summed E-state index contributed by atoms with van der Waals surface area (Å²) in [6.07, 6.45) is 0.337. The Balaban J connectivity index is 0.00000289. The molecule has 2 aliphatic carbocycles. The fraction of sp³-hybridized carbons (Fsp3) is 0.560. The van der Waals surface area contributed by atoms with Crippen molar-refractivity contribution in [2.45, 2.75) is 75.7 Å². The Labute approximate surface area is 203 Å². The van der Waals surface area contributed by atoms with Crippen molar-refractivity contribution in [1.82, 2.24) is 4.90 Å². The van der Waals surface area contributed by atoms with Gasteiger partial charge in [-0.15, -0.1) is 0 Å². The number of likely N-dealkylation sites (tertiary alicyclic amines) is 1. The molecule has 1 aromatic carbocycles. The number of rotatable bonds is 6. The molecule has 0 amide bonds. The lowest BCUT2D eigenvalue weighted by molar-refractivity contribution is -0.170. The van der Waals surface area contributed by atoms with Gasteiger partial charge in [-0.05, 0) is 51.1 Å². The zero-order valence-electron chi connectivity index (χ0n) is 18.9. The Morgan fingerprint density at radius 3 is 2.69 bits per heavy atom. The molecule has 3 N–H and O–H groups in total. The summed E-state index contributed by atoms with van der Waals surface area (Å²) in [6, 6.07) is 3.29. The van der Waals surface area contributed by atoms with E-state index in [2.05, 4.69) is 4.90 Å². The van der Waals surface area contributed by atoms with Crippen molar-refractivity contribution in [2.75, 3.05) is 13.6 Å². The highest BCUT2D eigenvalue weighted by Crippen LogP contribution is 2.65. The number of carbonyl (C=O) groups is 3. The molecule has 0 aromatic heterocycles. The van der Waals surface area contributed by atoms with Gasteiger partial charge in [0.15, 0.2) is 23.7 Å². The molecular formula is C25H31NO9. The van der Waals surface area contributed by atoms with Crippen LogP contribution in [0.1, 0.15) is 51.2 Å². The lowest BCUT2D eigenvalue weighted by Gasteiger charge is -2.61. The van der Waals surface area contributed by atoms with Crippen molar-refractivity contribution in [1.29, 1.82) is 0 Å². The van der Waals surface area contributed by atoms with Gasteiger partial charge in [0, 0.05) is 18.0 Å². The summed E-state index contributed by atoms with van der Waals surface area (Å²) in [5, 5.41) is 31.4. The number of hydrogen-bond acceptors (Lipinski definition) is 9. The quantitative estimate of drug-likeness (QED) is 0.505. The van der Waals surface area contributed by atoms with Gasteiger partial charge in [0.05, 0.1) is 23.9 Å². The molecule has 2 bridgehead atoms. The summed E-state index contributed by atoms with van der Waals surface area (Å²) in [6.45, 7) is 1.93. The number of phenols is 1. The van der Waals surface area contributed by atoms with E-state index in [1.54, 1.807) is 12.1 Å². The predicted molar refractivity (Wildman–Crippen MR) is 122 cm³/mol. The normalized spacial score (nSPS) is 30.7. The topological polar surface area (TPSA) is 143 Å². The molecule has 5 rings (SSSR count). The number of likely N-dealkylation sites (N-methyl/N-ethyl adjacent to an activating group) is 1. The van der Waals surface area contributed by atoms with E-state index >= 15 is 0 Å². The number of phenolic OH excluding ortho intramolecular Hbond substituents is 1. The molecule has 4 aliphatic rings. The van der Waals surface area contributed by atoms with E-state index in [0.717, 1.165) is 11.1 Å². The largest absolute Gasteiger partial charge is 0.504 e. The summed E-state index contributed by atoms with van der Waals surface area (Å²) in [7, 11) is 1.98. The monoisotopic (exact) mass is 489 g/mol. The second kappa shape index (κ2) is 8.53. The van der Waals surface area contributed by atoms with Crippen molar-refractivity contribution in [3.8, 4) is 11.5 Å². The van der Waals surface area contributed by atoms with Crippen LogP contribution in [0, 0.1) is 0 Å². The van der Waals surface area contributed by atoms with E-state index in [0.29, 0.717) is 25.1 Å². The summed E-state index contributed by atoms with van der Waals surface area (Å²) < 4.78 is 16.6. The molecule has 1 saturated heterocycles. The third kappa shape index (κ3) is 3.49. The SMILES string of the molecule is C.C[C@H](OC(=O)CCC(=O)OC1=CC[C@@]2(O)[C@H]3Cc4ccc(O)c5c4[C@@]2(CCN3C)[C@H]1O5)C(=O)O. The first-order valence-electron chi connectivity index (χ1n) is 11.4. The second-order valence-electron chi connectivity index (χ2n) is 9.55. The molecule has 35 heavy (non-hydrogen) atoms. The number of carboxylic acids is 1. The average Bonchev–Trinajstić information content (AvgIpc) is 3.14. The van der Waals surface area contributed by atoms with Gasteiger partial charge in [-0.25, -0.2) is 4.79 Å². The minimum Gasteiger partial charge on any atom is -0.504 e. The summed E-state index contributed by atoms with van der Waals surface area (Å²) in [5.74, 6) is -2.25. The van der Waals surface area contributed by atoms with Crippen LogP contribution >= 0.6 is 0 Å². The molecule has 2 aliphatic heterocycles. The molecule has 10 nitrogen and oxygen atoms in total. The standard InChI is InChI=1S/C24H27NO9.CH4/c1-12(22(29)30)32-17(27)5-6-18(28)33-15-7-8-24(31)16-11-13-3-4-14(26)20-19(13)23(24,21(15)34-20)9-10-25(16)2;/h3-4,7,12,16,21,26,31H,5-6,8-11H2,1-2H3,(H,29,30);1H4/t12-,16+,21-,23-,24+;/m0./s1. The zero-order valence-corrected chi connectivity index (χ0v) is 18.9. The minimum absolute atomic E-state index is 0. The number of aliphatic carboxylic acids is 1. The Morgan fingerprint density at radius 2 is 1.97 bits per heavy atom. The van der Waals surface area contributed by atoms with Gasteiger partial charge >= 0.3 is 17.9 Å². The van der Waals surface area contributed by atoms with Gasteiger partial charge in [0.25, 0.3) is 0 Å². The maximum atomic E-state index is 12.6. The molecule has 10 heteroatoms. The number of nitrogens with zero attached hydrogens (tertiary/aromatic N) is 1. The highest BCUT2D eigenvalue weighted by molar-refractivity contribution is 5.81. The molecule has 1 spiro atoms. The van der Waals surface area contributed by atoms with E-state index < -0.39 is 41.1 Å². The lowest BCUT2D eigenvalue weighted by Crippen LogP contribution is -2.74. The van der Waals surface area contributed by atoms with Crippen molar-refractivity contribution in [2.24, 2.45) is 0 Å². The molecule has 5 atom stereocenters. The van der Waals surface area contributed by atoms with E-state index in [1.165, 1.54) is 6.92 Å². The number of aliphatic hydroxyl groups is 1. The number of carboxylic acid groups (broad SMARTS) is 1. The molecule has 0 unspecified atom stereocenters. The Bertz CT molecular complexity index is 1110. The van der Waals surface area contributed by atoms with Gasteiger partial charge in [-0.1, -0.05) is 13.5 Å². The van der Waals surface area contributed by atoms with Crippen LogP contribution in [0.2, 0.25) is 0 Å². The van der Waals surface area contributed by atoms with Crippen LogP contribution in [-0.2, 0) is 35.7 Å². The van der Waals surface area contributed by atoms with Gasteiger partial charge < -0.3 is 34.4 Å². The maximum absolute atomic E-state index is 12.6. The molecule has 0 radical (unpaired) electrons. The van der Waals surface area contributed by atoms with Crippen molar-refractivity contribution < 1.29 is 43.9 Å². The van der Waals surface area contributed by atoms with E-state index in [1.807, 2.05) is 13.1 Å². The number of carbonyl (C=O) groups excluding carboxylic acids is 2. The van der Waals surface area contributed by atoms with Crippen LogP contribution in [-0.4, -0.2) is 75.6 Å². The van der Waals surface area contributed by atoms with Crippen LogP contribution in [0.15, 0.2) is 24.0 Å². The van der Waals surface area contributed by atoms with E-state index in [9.17, 15) is 24.6 Å². The number of ether oxygens (including phenoxy) is 3. The Kier molecular flexibility index (Phi) is 6.09. The highest BCUT2D eigenvalue weighted by Gasteiger charge is 2.72. The Hall–Kier alpha value is -3.11. The molecule has 0 saturated carbocycles. The second-order valence-corrected chi connectivity index (χ2v) is 9.55. The van der Waals surface area contributed by atoms with Crippen molar-refractivity contribution in [3.63, 3.8) is 0 Å². The molecule has 2 heterocycles. The van der Waals surface area contributed by atoms with Gasteiger partial charge in [0.2, 0.25) is 0 Å². The van der Waals surface area contributed by atoms with E-state index in [-0.39, 0.29) is 44.2 Å². The van der Waals surface area contributed by atoms with Crippen LogP contribution < -0.4 is 4.74 Å². The third-order valence-corrected chi connectivity index (χ3v) is 7.77. The van der Waals surface area contributed by atoms with Crippen LogP contribution in [0.4, 0.5) is 0 Å². The fourth-order valence-corrected chi connectivity index (χ4v) is 6.13. The molecule has 1 fully saturated rings. The zero-order chi connectivity index (χ0) is 24.4. The number of esters is 2. The Morgan fingerprint density at radius 1 is 1.26 bits per heavy atom. The van der Waals surface area contributed by atoms with E-state index in [4.69, 9.17) is 19.3 Å². The number of benzene rings is 1. The first-order chi connectivity index (χ1) is 16.1. The minimum atomic E-state index is -1.31. The molecule has 1 aromatic rings. The average molecular weight is 490 g/mol. The van der Waals surface area contributed by atoms with Crippen LogP contribution in [0.25, 0.3) is 0 Å². The van der Waals surface area contributed by atoms with Gasteiger partial charge in [0.1, 0.15) is 5.76 Å². The first kappa shape index (κ1) is 25.0. The van der Waals surface area contributed by atoms with Crippen LogP contribution in [0.5, 0.6) is 11.5 Å². The van der Waals surface area contributed by atoms with Crippen LogP contribution in [0.3, 0.4) is 0 Å². The van der Waals surface area contributed by atoms with Gasteiger partial charge in [-0.2, -0.15) is 0 Å². The summed E-state index contributed by atoms with van der Waals surface area (Å²) in [5.41, 5.74) is -0.244. The molecule has 190 valence electrons. The first-order valence-corrected chi connectivity index (χ1v) is 11.4. The maximum Gasteiger partial charge on any atom is 0.344 e. The number of hydrogen-bond donors (Lipinski definition) is 3. The summed E-state index contributed by atoms with van der Waals surface area (Å²) in [4.78, 5) is 37.4. The fourth-order valence-electron chi connectivity index (χ4n) is 6.13. The van der Waals surface area contributed by atoms with Gasteiger partial charge in [-0.3, -0.25) is 9.59 Å². The highest BCUT2D eigenvalue weighted by atomic mass is 16.6. The lowest BCUT2D eigenvalue weighted by atomic mass is 9.50. The smallest absolute Gasteiger partial charge is 0.344 e. The summed E-state index contributed by atoms with van der Waals surface area (Å²) >= 11 is 0. The third-order valence-electron chi connectivity index (χ3n) is 7.77.